The molecule has 0 radical (unpaired) electrons. The molecule has 3 atom stereocenters. The highest BCUT2D eigenvalue weighted by molar-refractivity contribution is 6.36. The van der Waals surface area contributed by atoms with Gasteiger partial charge in [-0.15, -0.1) is 0 Å². The van der Waals surface area contributed by atoms with Gasteiger partial charge in [0.25, 0.3) is 5.91 Å². The largest absolute Gasteiger partial charge is 0.496 e. The highest BCUT2D eigenvalue weighted by atomic mass is 35.5. The summed E-state index contributed by atoms with van der Waals surface area (Å²) in [5, 5.41) is 13.0. The van der Waals surface area contributed by atoms with Gasteiger partial charge in [0.2, 0.25) is 0 Å². The van der Waals surface area contributed by atoms with Gasteiger partial charge in [0.05, 0.1) is 30.1 Å². The number of aliphatic hydroxyl groups is 1. The first kappa shape index (κ1) is 36.7. The number of aliphatic hydroxyl groups excluding tert-OH is 1. The normalized spacial score (nSPS) is 19.6. The molecule has 9 nitrogen and oxygen atoms in total. The van der Waals surface area contributed by atoms with Crippen molar-refractivity contribution >= 4 is 34.8 Å². The lowest BCUT2D eigenvalue weighted by Gasteiger charge is -2.33. The third-order valence-electron chi connectivity index (χ3n) is 11.2. The van der Waals surface area contributed by atoms with E-state index in [2.05, 4.69) is 22.0 Å². The second-order valence-electron chi connectivity index (χ2n) is 14.3. The third-order valence-corrected chi connectivity index (χ3v) is 11.9. The molecule has 2 N–H and O–H groups in total. The van der Waals surface area contributed by atoms with Crippen LogP contribution in [0, 0.1) is 5.82 Å². The number of rotatable bonds is 10. The summed E-state index contributed by atoms with van der Waals surface area (Å²) in [6.45, 7) is 6.94. The number of anilines is 1. The van der Waals surface area contributed by atoms with Crippen LogP contribution in [0.4, 0.5) is 10.1 Å². The Hall–Kier alpha value is -3.67. The molecule has 7 rings (SSSR count). The first-order valence-corrected chi connectivity index (χ1v) is 18.9. The molecule has 2 aliphatic heterocycles. The van der Waals surface area contributed by atoms with E-state index >= 15 is 4.39 Å². The summed E-state index contributed by atoms with van der Waals surface area (Å²) in [6.07, 6.45) is 5.15. The quantitative estimate of drug-likeness (QED) is 0.170. The van der Waals surface area contributed by atoms with Gasteiger partial charge in [-0.25, -0.2) is 9.37 Å². The van der Waals surface area contributed by atoms with Crippen LogP contribution >= 0.6 is 23.2 Å². The maximum Gasteiger partial charge on any atom is 0.291 e. The summed E-state index contributed by atoms with van der Waals surface area (Å²) in [5.41, 5.74) is 6.59. The number of carbonyl (C=O) groups excluding carboxylic acids is 1. The molecule has 3 heterocycles. The molecule has 12 heteroatoms. The second-order valence-corrected chi connectivity index (χ2v) is 15.0. The van der Waals surface area contributed by atoms with Gasteiger partial charge in [0.15, 0.2) is 11.6 Å². The number of halogens is 3. The second kappa shape index (κ2) is 15.4. The van der Waals surface area contributed by atoms with Crippen LogP contribution in [0.25, 0.3) is 11.1 Å². The van der Waals surface area contributed by atoms with E-state index in [9.17, 15) is 9.90 Å². The first-order chi connectivity index (χ1) is 25.1. The number of amides is 1. The minimum absolute atomic E-state index is 0.0180. The molecule has 1 amide bonds. The van der Waals surface area contributed by atoms with E-state index in [0.717, 1.165) is 72.4 Å². The molecule has 1 saturated heterocycles. The van der Waals surface area contributed by atoms with Gasteiger partial charge < -0.3 is 24.5 Å². The molecule has 276 valence electrons. The van der Waals surface area contributed by atoms with Crippen molar-refractivity contribution < 1.29 is 23.8 Å². The van der Waals surface area contributed by atoms with Crippen LogP contribution in [0.1, 0.15) is 84.3 Å². The zero-order valence-electron chi connectivity index (χ0n) is 30.1. The summed E-state index contributed by atoms with van der Waals surface area (Å²) >= 11 is 13.7. The standard InChI is InChI=1S/C40H46Cl2FN5O4/c1-23-9-5-6-17-47(23)20-29-34(51-4)19-35(37(42)38(29)43)52-33-15-14-26-25(10-7-11-27(26)33)28-12-8-13-30(36(28)41)45-40(50)39-44-31-21-48(24(2)22-49)18-16-32(31)46(39)3/h7-8,10-13,19,23-24,33,49H,5-6,9,14-18,20-22H2,1-4H3,(H,45,50)/t23-,24?,33?/m1/s1. The number of nitrogens with one attached hydrogen (secondary N) is 1. The van der Waals surface area contributed by atoms with Gasteiger partial charge in [-0.05, 0) is 68.8 Å². The third kappa shape index (κ3) is 6.92. The predicted octanol–water partition coefficient (Wildman–Crippen LogP) is 7.97. The Labute approximate surface area is 314 Å². The van der Waals surface area contributed by atoms with Crippen LogP contribution in [0.5, 0.6) is 11.5 Å². The van der Waals surface area contributed by atoms with Crippen molar-refractivity contribution in [1.29, 1.82) is 0 Å². The topological polar surface area (TPSA) is 92.1 Å². The van der Waals surface area contributed by atoms with E-state index < -0.39 is 5.82 Å². The van der Waals surface area contributed by atoms with Gasteiger partial charge in [-0.3, -0.25) is 14.6 Å². The average molecular weight is 751 g/mol. The zero-order valence-corrected chi connectivity index (χ0v) is 31.7. The van der Waals surface area contributed by atoms with Crippen LogP contribution in [0.2, 0.25) is 10.0 Å². The molecule has 1 aliphatic carbocycles. The van der Waals surface area contributed by atoms with Crippen LogP contribution in [-0.4, -0.2) is 69.3 Å². The molecular weight excluding hydrogens is 704 g/mol. The first-order valence-electron chi connectivity index (χ1n) is 18.2. The number of likely N-dealkylation sites (tertiary alicyclic amines) is 1. The minimum atomic E-state index is -0.504. The van der Waals surface area contributed by atoms with Gasteiger partial charge >= 0.3 is 0 Å². The van der Waals surface area contributed by atoms with Crippen molar-refractivity contribution in [2.24, 2.45) is 7.05 Å². The molecule has 0 bridgehead atoms. The van der Waals surface area contributed by atoms with E-state index in [1.807, 2.05) is 48.9 Å². The molecule has 52 heavy (non-hydrogen) atoms. The number of piperidine rings is 1. The number of aromatic nitrogens is 2. The Morgan fingerprint density at radius 2 is 1.87 bits per heavy atom. The number of methoxy groups -OCH3 is 1. The molecule has 1 fully saturated rings. The number of nitrogens with zero attached hydrogens (tertiary/aromatic N) is 4. The Kier molecular flexibility index (Phi) is 10.8. The van der Waals surface area contributed by atoms with E-state index in [4.69, 9.17) is 37.7 Å². The SMILES string of the molecule is COc1cc(OC2CCc3c(-c4cccc(NC(=O)c5nc6c(n5C)CCN(C(C)CO)C6)c4Cl)cccc32)c(Cl)c(F)c1CN1CCCC[C@H]1C. The summed E-state index contributed by atoms with van der Waals surface area (Å²) < 4.78 is 29.9. The van der Waals surface area contributed by atoms with Crippen LogP contribution in [0.3, 0.4) is 0 Å². The number of fused-ring (bicyclic) bond motifs is 2. The summed E-state index contributed by atoms with van der Waals surface area (Å²) in [7, 11) is 3.40. The Morgan fingerprint density at radius 1 is 1.08 bits per heavy atom. The van der Waals surface area contributed by atoms with Crippen LogP contribution in [0.15, 0.2) is 42.5 Å². The van der Waals surface area contributed by atoms with Gasteiger partial charge in [0, 0.05) is 68.1 Å². The van der Waals surface area contributed by atoms with Crippen LogP contribution in [-0.2, 0) is 33.0 Å². The number of benzene rings is 3. The maximum atomic E-state index is 15.9. The zero-order chi connectivity index (χ0) is 36.7. The number of imidazole rings is 1. The summed E-state index contributed by atoms with van der Waals surface area (Å²) in [5.74, 6) is 0.141. The molecular formula is C40H46Cl2FN5O4. The summed E-state index contributed by atoms with van der Waals surface area (Å²) in [6, 6.07) is 13.7. The lowest BCUT2D eigenvalue weighted by molar-refractivity contribution is 0.101. The van der Waals surface area contributed by atoms with Crippen molar-refractivity contribution in [2.45, 2.75) is 83.6 Å². The highest BCUT2D eigenvalue weighted by Crippen LogP contribution is 2.46. The highest BCUT2D eigenvalue weighted by Gasteiger charge is 2.31. The molecule has 0 saturated carbocycles. The van der Waals surface area contributed by atoms with Crippen molar-refractivity contribution in [3.63, 3.8) is 0 Å². The fourth-order valence-corrected chi connectivity index (χ4v) is 8.52. The van der Waals surface area contributed by atoms with E-state index in [0.29, 0.717) is 53.4 Å². The molecule has 3 aliphatic rings. The van der Waals surface area contributed by atoms with Gasteiger partial charge in [-0.1, -0.05) is 60.0 Å². The number of carbonyl (C=O) groups is 1. The lowest BCUT2D eigenvalue weighted by Crippen LogP contribution is -2.39. The van der Waals surface area contributed by atoms with E-state index in [1.54, 1.807) is 19.2 Å². The van der Waals surface area contributed by atoms with Crippen LogP contribution < -0.4 is 14.8 Å². The fourth-order valence-electron chi connectivity index (χ4n) is 8.03. The Morgan fingerprint density at radius 3 is 2.63 bits per heavy atom. The molecule has 4 aromatic rings. The van der Waals surface area contributed by atoms with Gasteiger partial charge in [-0.2, -0.15) is 0 Å². The smallest absolute Gasteiger partial charge is 0.291 e. The summed E-state index contributed by atoms with van der Waals surface area (Å²) in [4.78, 5) is 22.7. The van der Waals surface area contributed by atoms with Crippen molar-refractivity contribution in [3.05, 3.63) is 92.2 Å². The maximum absolute atomic E-state index is 15.9. The molecule has 1 aromatic heterocycles. The molecule has 3 aromatic carbocycles. The lowest BCUT2D eigenvalue weighted by atomic mass is 9.96. The fraction of sp³-hybridized carbons (Fsp3) is 0.450. The molecule has 2 unspecified atom stereocenters. The number of ether oxygens (including phenoxy) is 2. The Balaban J connectivity index is 1.11. The monoisotopic (exact) mass is 749 g/mol. The Bertz CT molecular complexity index is 1990. The number of hydrogen-bond acceptors (Lipinski definition) is 7. The predicted molar refractivity (Wildman–Crippen MR) is 202 cm³/mol. The van der Waals surface area contributed by atoms with E-state index in [1.165, 1.54) is 6.42 Å². The molecule has 0 spiro atoms. The van der Waals surface area contributed by atoms with Crippen molar-refractivity contribution in [1.82, 2.24) is 19.4 Å². The van der Waals surface area contributed by atoms with E-state index in [-0.39, 0.29) is 35.4 Å². The average Bonchev–Trinajstić information content (AvgIpc) is 3.72. The van der Waals surface area contributed by atoms with Crippen molar-refractivity contribution in [3.8, 4) is 22.6 Å². The minimum Gasteiger partial charge on any atom is -0.496 e. The number of hydrogen-bond donors (Lipinski definition) is 2. The van der Waals surface area contributed by atoms with Crippen molar-refractivity contribution in [2.75, 3.05) is 32.1 Å². The van der Waals surface area contributed by atoms with Gasteiger partial charge in [0.1, 0.15) is 22.6 Å².